The molecule has 1 aromatic carbocycles. The van der Waals surface area contributed by atoms with Gasteiger partial charge in [-0.1, -0.05) is 0 Å². The Kier molecular flexibility index (Phi) is 7.52. The maximum atomic E-state index is 13.2. The van der Waals surface area contributed by atoms with Gasteiger partial charge in [-0.15, -0.1) is 0 Å². The van der Waals surface area contributed by atoms with Crippen LogP contribution in [0.3, 0.4) is 0 Å². The lowest BCUT2D eigenvalue weighted by atomic mass is 10.2. The molecule has 0 heterocycles. The van der Waals surface area contributed by atoms with E-state index in [4.69, 9.17) is 9.47 Å². The van der Waals surface area contributed by atoms with Crippen LogP contribution in [-0.4, -0.2) is 38.4 Å². The Morgan fingerprint density at radius 2 is 2.05 bits per heavy atom. The molecular weight excluding hydrogens is 267 g/mol. The minimum atomic E-state index is -0.621. The summed E-state index contributed by atoms with van der Waals surface area (Å²) < 4.78 is 23.3. The van der Waals surface area contributed by atoms with Gasteiger partial charge in [0.05, 0.1) is 24.2 Å². The zero-order valence-electron chi connectivity index (χ0n) is 11.4. The summed E-state index contributed by atoms with van der Waals surface area (Å²) in [6.07, 6.45) is 1.69. The number of non-ortho nitro benzene ring substituents is 1. The first-order chi connectivity index (χ1) is 9.63. The van der Waals surface area contributed by atoms with E-state index in [1.807, 2.05) is 0 Å². The molecule has 0 bridgehead atoms. The second-order valence-electron chi connectivity index (χ2n) is 4.19. The fourth-order valence-electron chi connectivity index (χ4n) is 1.59. The molecule has 7 heteroatoms. The fourth-order valence-corrected chi connectivity index (χ4v) is 1.59. The second-order valence-corrected chi connectivity index (χ2v) is 4.19. The number of hydrogen-bond acceptors (Lipinski definition) is 5. The number of halogens is 1. The van der Waals surface area contributed by atoms with Crippen molar-refractivity contribution in [3.05, 3.63) is 34.1 Å². The molecule has 112 valence electrons. The van der Waals surface area contributed by atoms with Crippen LogP contribution in [0.4, 0.5) is 15.8 Å². The van der Waals surface area contributed by atoms with E-state index in [-0.39, 0.29) is 5.69 Å². The molecule has 0 radical (unpaired) electrons. The summed E-state index contributed by atoms with van der Waals surface area (Å²) in [5.41, 5.74) is 0.160. The number of nitrogens with one attached hydrogen (secondary N) is 1. The first-order valence-electron chi connectivity index (χ1n) is 6.39. The van der Waals surface area contributed by atoms with E-state index in [1.54, 1.807) is 7.11 Å². The molecule has 0 saturated heterocycles. The van der Waals surface area contributed by atoms with Crippen molar-refractivity contribution in [1.82, 2.24) is 0 Å². The van der Waals surface area contributed by atoms with Crippen LogP contribution in [0.2, 0.25) is 0 Å². The van der Waals surface area contributed by atoms with Crippen molar-refractivity contribution in [3.8, 4) is 0 Å². The summed E-state index contributed by atoms with van der Waals surface area (Å²) in [4.78, 5) is 9.98. The summed E-state index contributed by atoms with van der Waals surface area (Å²) in [5, 5.41) is 13.5. The Labute approximate surface area is 117 Å². The highest BCUT2D eigenvalue weighted by Gasteiger charge is 2.09. The maximum absolute atomic E-state index is 13.2. The van der Waals surface area contributed by atoms with Gasteiger partial charge < -0.3 is 14.8 Å². The molecule has 0 spiro atoms. The lowest BCUT2D eigenvalue weighted by Gasteiger charge is -2.07. The molecule has 0 saturated carbocycles. The van der Waals surface area contributed by atoms with Gasteiger partial charge in [-0.05, 0) is 18.9 Å². The van der Waals surface area contributed by atoms with Crippen LogP contribution in [0.1, 0.15) is 12.8 Å². The minimum Gasteiger partial charge on any atom is -0.385 e. The molecule has 1 rings (SSSR count). The monoisotopic (exact) mass is 286 g/mol. The number of rotatable bonds is 10. The van der Waals surface area contributed by atoms with Crippen molar-refractivity contribution >= 4 is 11.4 Å². The van der Waals surface area contributed by atoms with E-state index in [0.29, 0.717) is 32.1 Å². The summed E-state index contributed by atoms with van der Waals surface area (Å²) in [6.45, 7) is 2.38. The molecule has 0 unspecified atom stereocenters. The number of ether oxygens (including phenoxy) is 2. The summed E-state index contributed by atoms with van der Waals surface area (Å²) >= 11 is 0. The Hall–Kier alpha value is -1.73. The van der Waals surface area contributed by atoms with Crippen molar-refractivity contribution in [2.24, 2.45) is 0 Å². The Balaban J connectivity index is 2.23. The van der Waals surface area contributed by atoms with Crippen LogP contribution in [0, 0.1) is 15.9 Å². The quantitative estimate of drug-likeness (QED) is 0.406. The molecule has 6 nitrogen and oxygen atoms in total. The topological polar surface area (TPSA) is 73.6 Å². The highest BCUT2D eigenvalue weighted by molar-refractivity contribution is 5.51. The number of hydrogen-bond donors (Lipinski definition) is 1. The van der Waals surface area contributed by atoms with Gasteiger partial charge in [-0.3, -0.25) is 10.1 Å². The van der Waals surface area contributed by atoms with Crippen molar-refractivity contribution in [2.45, 2.75) is 12.8 Å². The number of nitro groups is 1. The van der Waals surface area contributed by atoms with Gasteiger partial charge in [0.2, 0.25) is 0 Å². The van der Waals surface area contributed by atoms with E-state index in [0.717, 1.165) is 18.9 Å². The average molecular weight is 286 g/mol. The molecule has 0 aliphatic heterocycles. The molecule has 0 aliphatic rings. The third-order valence-electron chi connectivity index (χ3n) is 2.57. The first-order valence-corrected chi connectivity index (χ1v) is 6.39. The van der Waals surface area contributed by atoms with Crippen molar-refractivity contribution in [3.63, 3.8) is 0 Å². The molecule has 0 aromatic heterocycles. The van der Waals surface area contributed by atoms with Gasteiger partial charge in [-0.25, -0.2) is 4.39 Å². The van der Waals surface area contributed by atoms with Gasteiger partial charge in [0.25, 0.3) is 5.69 Å². The lowest BCUT2D eigenvalue weighted by Crippen LogP contribution is -2.06. The highest BCUT2D eigenvalue weighted by atomic mass is 19.1. The van der Waals surface area contributed by atoms with Crippen LogP contribution >= 0.6 is 0 Å². The van der Waals surface area contributed by atoms with Gasteiger partial charge in [-0.2, -0.15) is 0 Å². The number of nitro benzene ring substituents is 1. The van der Waals surface area contributed by atoms with Crippen LogP contribution in [0.25, 0.3) is 0 Å². The number of nitrogens with zero attached hydrogens (tertiary/aromatic N) is 1. The SMILES string of the molecule is COCCOCCCCNc1cc(F)cc([N+](=O)[O-])c1. The number of benzene rings is 1. The fraction of sp³-hybridized carbons (Fsp3) is 0.538. The van der Waals surface area contributed by atoms with Gasteiger partial charge in [0.15, 0.2) is 0 Å². The van der Waals surface area contributed by atoms with E-state index in [9.17, 15) is 14.5 Å². The highest BCUT2D eigenvalue weighted by Crippen LogP contribution is 2.19. The minimum absolute atomic E-state index is 0.254. The van der Waals surface area contributed by atoms with Crippen molar-refractivity contribution in [2.75, 3.05) is 38.8 Å². The van der Waals surface area contributed by atoms with Gasteiger partial charge in [0.1, 0.15) is 5.82 Å². The molecule has 0 fully saturated rings. The van der Waals surface area contributed by atoms with Crippen LogP contribution < -0.4 is 5.32 Å². The van der Waals surface area contributed by atoms with Crippen molar-refractivity contribution in [1.29, 1.82) is 0 Å². The Bertz CT molecular complexity index is 429. The maximum Gasteiger partial charge on any atom is 0.274 e. The molecule has 1 N–H and O–H groups in total. The number of anilines is 1. The standard InChI is InChI=1S/C13H19FN2O4/c1-19-6-7-20-5-3-2-4-15-12-8-11(14)9-13(10-12)16(17)18/h8-10,15H,2-7H2,1H3. The normalized spacial score (nSPS) is 10.5. The molecule has 0 aliphatic carbocycles. The van der Waals surface area contributed by atoms with Gasteiger partial charge in [0, 0.05) is 32.0 Å². The van der Waals surface area contributed by atoms with E-state index >= 15 is 0 Å². The average Bonchev–Trinajstić information content (AvgIpc) is 2.41. The Morgan fingerprint density at radius 3 is 2.75 bits per heavy atom. The molecule has 0 amide bonds. The predicted molar refractivity (Wildman–Crippen MR) is 73.5 cm³/mol. The molecule has 1 aromatic rings. The third-order valence-corrected chi connectivity index (χ3v) is 2.57. The molecular formula is C13H19FN2O4. The summed E-state index contributed by atoms with van der Waals surface area (Å²) in [7, 11) is 1.62. The number of methoxy groups -OCH3 is 1. The summed E-state index contributed by atoms with van der Waals surface area (Å²) in [5.74, 6) is -0.621. The third kappa shape index (κ3) is 6.44. The van der Waals surface area contributed by atoms with E-state index in [2.05, 4.69) is 5.32 Å². The molecule has 20 heavy (non-hydrogen) atoms. The summed E-state index contributed by atoms with van der Waals surface area (Å²) in [6, 6.07) is 3.45. The van der Waals surface area contributed by atoms with E-state index < -0.39 is 10.7 Å². The smallest absolute Gasteiger partial charge is 0.274 e. The van der Waals surface area contributed by atoms with Crippen molar-refractivity contribution < 1.29 is 18.8 Å². The Morgan fingerprint density at radius 1 is 1.25 bits per heavy atom. The predicted octanol–water partition coefficient (Wildman–Crippen LogP) is 2.59. The molecule has 0 atom stereocenters. The van der Waals surface area contributed by atoms with E-state index in [1.165, 1.54) is 12.1 Å². The van der Waals surface area contributed by atoms with Crippen LogP contribution in [-0.2, 0) is 9.47 Å². The van der Waals surface area contributed by atoms with Crippen LogP contribution in [0.5, 0.6) is 0 Å². The van der Waals surface area contributed by atoms with Gasteiger partial charge >= 0.3 is 0 Å². The zero-order valence-corrected chi connectivity index (χ0v) is 11.4. The second kappa shape index (κ2) is 9.22. The first kappa shape index (κ1) is 16.3. The zero-order chi connectivity index (χ0) is 14.8. The lowest BCUT2D eigenvalue weighted by molar-refractivity contribution is -0.385. The van der Waals surface area contributed by atoms with Crippen LogP contribution in [0.15, 0.2) is 18.2 Å². The number of unbranched alkanes of at least 4 members (excludes halogenated alkanes) is 1. The largest absolute Gasteiger partial charge is 0.385 e.